The van der Waals surface area contributed by atoms with Crippen LogP contribution in [0.2, 0.25) is 5.02 Å². The first-order valence-corrected chi connectivity index (χ1v) is 12.1. The third kappa shape index (κ3) is 4.39. The highest BCUT2D eigenvalue weighted by Gasteiger charge is 2.28. The van der Waals surface area contributed by atoms with Crippen LogP contribution in [0.1, 0.15) is 16.1 Å². The highest BCUT2D eigenvalue weighted by Crippen LogP contribution is 2.25. The van der Waals surface area contributed by atoms with Crippen LogP contribution in [0.15, 0.2) is 47.8 Å². The van der Waals surface area contributed by atoms with E-state index in [1.165, 1.54) is 4.40 Å². The van der Waals surface area contributed by atoms with Crippen LogP contribution in [-0.2, 0) is 16.4 Å². The lowest BCUT2D eigenvalue weighted by Gasteiger charge is -2.34. The van der Waals surface area contributed by atoms with Gasteiger partial charge in [-0.25, -0.2) is 13.4 Å². The molecule has 1 saturated heterocycles. The molecule has 31 heavy (non-hydrogen) atoms. The number of rotatable bonds is 5. The molecular weight excluding hydrogens is 440 g/mol. The molecule has 4 rings (SSSR count). The average Bonchev–Trinajstić information content (AvgIpc) is 3.14. The molecule has 1 aromatic carbocycles. The Morgan fingerprint density at radius 2 is 1.90 bits per heavy atom. The Kier molecular flexibility index (Phi) is 5.92. The van der Waals surface area contributed by atoms with Crippen molar-refractivity contribution in [3.63, 3.8) is 0 Å². The molecule has 0 saturated carbocycles. The Morgan fingerprint density at radius 3 is 2.58 bits per heavy atom. The lowest BCUT2D eigenvalue weighted by molar-refractivity contribution is 0.0624. The quantitative estimate of drug-likeness (QED) is 0.578. The van der Waals surface area contributed by atoms with E-state index in [1.54, 1.807) is 42.5 Å². The van der Waals surface area contributed by atoms with Crippen LogP contribution in [0, 0.1) is 0 Å². The summed E-state index contributed by atoms with van der Waals surface area (Å²) in [6.45, 7) is 3.04. The van der Waals surface area contributed by atoms with Crippen molar-refractivity contribution in [2.24, 2.45) is 0 Å². The summed E-state index contributed by atoms with van der Waals surface area (Å²) in [5, 5.41) is 0.524. The van der Waals surface area contributed by atoms with Crippen LogP contribution in [0.3, 0.4) is 0 Å². The fourth-order valence-corrected chi connectivity index (χ4v) is 4.77. The Hall–Kier alpha value is -2.62. The topological polar surface area (TPSA) is 84.2 Å². The van der Waals surface area contributed by atoms with Crippen molar-refractivity contribution in [1.29, 1.82) is 0 Å². The molecule has 0 spiro atoms. The largest absolute Gasteiger partial charge is 0.496 e. The molecular formula is C21H23ClN4O4S. The molecule has 0 aliphatic carbocycles. The summed E-state index contributed by atoms with van der Waals surface area (Å²) in [4.78, 5) is 21.3. The summed E-state index contributed by atoms with van der Waals surface area (Å²) in [6.07, 6.45) is 2.69. The van der Waals surface area contributed by atoms with Gasteiger partial charge in [0.2, 0.25) is 15.0 Å². The second-order valence-corrected chi connectivity index (χ2v) is 9.84. The maximum Gasteiger partial charge on any atom is 0.274 e. The number of aromatic nitrogens is 2. The lowest BCUT2D eigenvalue weighted by atomic mass is 10.1. The van der Waals surface area contributed by atoms with Crippen molar-refractivity contribution in [3.05, 3.63) is 58.9 Å². The molecule has 10 heteroatoms. The number of imidazole rings is 1. The first-order valence-electron chi connectivity index (χ1n) is 9.79. The number of sulfone groups is 1. The molecule has 0 unspecified atom stereocenters. The first kappa shape index (κ1) is 21.6. The summed E-state index contributed by atoms with van der Waals surface area (Å²) in [5.74, 6) is 0.513. The Bertz CT molecular complexity index is 1230. The SMILES string of the molecule is COc1ccc(Cl)cc1CN1CCN(C(=O)c2nc(S(C)(=O)=O)n3ccccc23)CC1. The summed E-state index contributed by atoms with van der Waals surface area (Å²) in [6, 6.07) is 10.7. The minimum atomic E-state index is -3.58. The van der Waals surface area contributed by atoms with Crippen molar-refractivity contribution in [2.75, 3.05) is 39.5 Å². The van der Waals surface area contributed by atoms with E-state index >= 15 is 0 Å². The van der Waals surface area contributed by atoms with Crippen molar-refractivity contribution in [2.45, 2.75) is 11.7 Å². The van der Waals surface area contributed by atoms with Crippen LogP contribution < -0.4 is 4.74 Å². The fourth-order valence-electron chi connectivity index (χ4n) is 3.80. The van der Waals surface area contributed by atoms with Gasteiger partial charge in [0.05, 0.1) is 12.6 Å². The normalized spacial score (nSPS) is 15.4. The number of fused-ring (bicyclic) bond motifs is 1. The zero-order chi connectivity index (χ0) is 22.2. The van der Waals surface area contributed by atoms with Crippen molar-refractivity contribution >= 4 is 32.9 Å². The average molecular weight is 463 g/mol. The molecule has 1 amide bonds. The highest BCUT2D eigenvalue weighted by atomic mass is 35.5. The van der Waals surface area contributed by atoms with Gasteiger partial charge in [0.25, 0.3) is 5.91 Å². The Labute approximate surface area is 185 Å². The molecule has 1 aliphatic rings. The number of carbonyl (C=O) groups is 1. The molecule has 3 heterocycles. The van der Waals surface area contributed by atoms with Gasteiger partial charge in [-0.2, -0.15) is 0 Å². The van der Waals surface area contributed by atoms with E-state index in [2.05, 4.69) is 9.88 Å². The van der Waals surface area contributed by atoms with Crippen LogP contribution in [0.5, 0.6) is 5.75 Å². The number of nitrogens with zero attached hydrogens (tertiary/aromatic N) is 4. The van der Waals surface area contributed by atoms with Crippen molar-refractivity contribution in [3.8, 4) is 5.75 Å². The summed E-state index contributed by atoms with van der Waals surface area (Å²) >= 11 is 6.13. The van der Waals surface area contributed by atoms with E-state index in [9.17, 15) is 13.2 Å². The van der Waals surface area contributed by atoms with Crippen LogP contribution in [0.4, 0.5) is 0 Å². The minimum Gasteiger partial charge on any atom is -0.496 e. The molecule has 0 atom stereocenters. The first-order chi connectivity index (χ1) is 14.8. The smallest absolute Gasteiger partial charge is 0.274 e. The maximum atomic E-state index is 13.2. The van der Waals surface area contributed by atoms with Gasteiger partial charge < -0.3 is 9.64 Å². The number of amides is 1. The Balaban J connectivity index is 1.50. The molecule has 1 fully saturated rings. The van der Waals surface area contributed by atoms with E-state index < -0.39 is 9.84 Å². The predicted octanol–water partition coefficient (Wildman–Crippen LogP) is 2.36. The number of hydrogen-bond donors (Lipinski definition) is 0. The molecule has 3 aromatic rings. The standard InChI is InChI=1S/C21H23ClN4O4S/c1-30-18-7-6-16(22)13-15(18)14-24-9-11-25(12-10-24)20(27)19-17-5-3-4-8-26(17)21(23-19)31(2,28)29/h3-8,13H,9-12,14H2,1-2H3. The molecule has 2 aromatic heterocycles. The van der Waals surface area contributed by atoms with Crippen LogP contribution in [0.25, 0.3) is 5.52 Å². The van der Waals surface area contributed by atoms with Gasteiger partial charge in [-0.05, 0) is 30.3 Å². The number of pyridine rings is 1. The third-order valence-electron chi connectivity index (χ3n) is 5.35. The number of halogens is 1. The van der Waals surface area contributed by atoms with E-state index in [-0.39, 0.29) is 16.8 Å². The molecule has 0 N–H and O–H groups in total. The van der Waals surface area contributed by atoms with E-state index in [0.29, 0.717) is 43.3 Å². The minimum absolute atomic E-state index is 0.127. The summed E-state index contributed by atoms with van der Waals surface area (Å²) in [7, 11) is -1.95. The van der Waals surface area contributed by atoms with Gasteiger partial charge in [-0.3, -0.25) is 14.1 Å². The van der Waals surface area contributed by atoms with Crippen LogP contribution >= 0.6 is 11.6 Å². The number of hydrogen-bond acceptors (Lipinski definition) is 6. The maximum absolute atomic E-state index is 13.2. The molecule has 0 radical (unpaired) electrons. The van der Waals surface area contributed by atoms with Crippen molar-refractivity contribution < 1.29 is 17.9 Å². The van der Waals surface area contributed by atoms with E-state index in [0.717, 1.165) is 17.6 Å². The second kappa shape index (κ2) is 8.49. The number of ether oxygens (including phenoxy) is 1. The van der Waals surface area contributed by atoms with Crippen LogP contribution in [-0.4, -0.2) is 73.1 Å². The second-order valence-electron chi connectivity index (χ2n) is 7.50. The molecule has 8 nitrogen and oxygen atoms in total. The van der Waals surface area contributed by atoms with Gasteiger partial charge >= 0.3 is 0 Å². The predicted molar refractivity (Wildman–Crippen MR) is 117 cm³/mol. The number of piperazine rings is 1. The van der Waals surface area contributed by atoms with Gasteiger partial charge in [0.15, 0.2) is 5.69 Å². The number of carbonyl (C=O) groups excluding carboxylic acids is 1. The van der Waals surface area contributed by atoms with Gasteiger partial charge in [0, 0.05) is 55.8 Å². The number of methoxy groups -OCH3 is 1. The van der Waals surface area contributed by atoms with Gasteiger partial charge in [-0.1, -0.05) is 17.7 Å². The zero-order valence-electron chi connectivity index (χ0n) is 17.3. The highest BCUT2D eigenvalue weighted by molar-refractivity contribution is 7.90. The lowest BCUT2D eigenvalue weighted by Crippen LogP contribution is -2.48. The van der Waals surface area contributed by atoms with E-state index in [4.69, 9.17) is 16.3 Å². The molecule has 0 bridgehead atoms. The third-order valence-corrected chi connectivity index (χ3v) is 6.53. The molecule has 1 aliphatic heterocycles. The Morgan fingerprint density at radius 1 is 1.16 bits per heavy atom. The monoisotopic (exact) mass is 462 g/mol. The van der Waals surface area contributed by atoms with Crippen molar-refractivity contribution in [1.82, 2.24) is 19.2 Å². The van der Waals surface area contributed by atoms with E-state index in [1.807, 2.05) is 12.1 Å². The number of benzene rings is 1. The summed E-state index contributed by atoms with van der Waals surface area (Å²) < 4.78 is 31.1. The van der Waals surface area contributed by atoms with Gasteiger partial charge in [0.1, 0.15) is 5.75 Å². The zero-order valence-corrected chi connectivity index (χ0v) is 18.9. The van der Waals surface area contributed by atoms with Gasteiger partial charge in [-0.15, -0.1) is 0 Å². The summed E-state index contributed by atoms with van der Waals surface area (Å²) in [5.41, 5.74) is 1.64. The molecule has 164 valence electrons. The fraction of sp³-hybridized carbons (Fsp3) is 0.333.